The topological polar surface area (TPSA) is 78.5 Å². The minimum absolute atomic E-state index is 0.177. The standard InChI is InChI=1S/C18H20ClN3O3S/c1-13-12-16(21-18(23)20-15-6-4-14(19)5-7-15)8-9-17(13)22-10-2-3-11-26(22,24)25/h4-9,12H,2-3,10-11H2,1H3,(H2,20,21,23). The molecule has 2 aromatic carbocycles. The lowest BCUT2D eigenvalue weighted by atomic mass is 10.1. The summed E-state index contributed by atoms with van der Waals surface area (Å²) >= 11 is 5.82. The van der Waals surface area contributed by atoms with E-state index < -0.39 is 10.0 Å². The van der Waals surface area contributed by atoms with Crippen LogP contribution in [0.25, 0.3) is 0 Å². The molecule has 1 aliphatic rings. The molecule has 0 saturated carbocycles. The second kappa shape index (κ2) is 7.55. The van der Waals surface area contributed by atoms with Crippen LogP contribution in [0.2, 0.25) is 5.02 Å². The third-order valence-electron chi connectivity index (χ3n) is 4.17. The summed E-state index contributed by atoms with van der Waals surface area (Å²) in [7, 11) is -3.26. The van der Waals surface area contributed by atoms with Crippen molar-refractivity contribution in [1.82, 2.24) is 0 Å². The predicted octanol–water partition coefficient (Wildman–Crippen LogP) is 4.22. The van der Waals surface area contributed by atoms with Crippen LogP contribution in [0.15, 0.2) is 42.5 Å². The largest absolute Gasteiger partial charge is 0.323 e. The fourth-order valence-electron chi connectivity index (χ4n) is 2.90. The SMILES string of the molecule is Cc1cc(NC(=O)Nc2ccc(Cl)cc2)ccc1N1CCCCS1(=O)=O. The Morgan fingerprint density at radius 3 is 2.35 bits per heavy atom. The predicted molar refractivity (Wildman–Crippen MR) is 106 cm³/mol. The third kappa shape index (κ3) is 4.28. The maximum absolute atomic E-state index is 12.3. The molecule has 8 heteroatoms. The normalized spacial score (nSPS) is 16.2. The fourth-order valence-corrected chi connectivity index (χ4v) is 4.73. The van der Waals surface area contributed by atoms with Gasteiger partial charge in [-0.3, -0.25) is 4.31 Å². The number of halogens is 1. The van der Waals surface area contributed by atoms with Crippen molar-refractivity contribution in [2.75, 3.05) is 27.2 Å². The van der Waals surface area contributed by atoms with Gasteiger partial charge in [0.25, 0.3) is 0 Å². The molecule has 138 valence electrons. The number of amides is 2. The summed E-state index contributed by atoms with van der Waals surface area (Å²) in [4.78, 5) is 12.1. The highest BCUT2D eigenvalue weighted by Crippen LogP contribution is 2.29. The molecule has 0 atom stereocenters. The van der Waals surface area contributed by atoms with Crippen LogP contribution in [0.4, 0.5) is 21.9 Å². The molecule has 1 heterocycles. The molecule has 1 aliphatic heterocycles. The molecule has 0 aliphatic carbocycles. The highest BCUT2D eigenvalue weighted by molar-refractivity contribution is 7.92. The average Bonchev–Trinajstić information content (AvgIpc) is 2.57. The second-order valence-electron chi connectivity index (χ2n) is 6.18. The van der Waals surface area contributed by atoms with Crippen molar-refractivity contribution in [2.45, 2.75) is 19.8 Å². The van der Waals surface area contributed by atoms with Crippen LogP contribution in [-0.4, -0.2) is 26.7 Å². The van der Waals surface area contributed by atoms with Crippen LogP contribution >= 0.6 is 11.6 Å². The molecule has 2 amide bonds. The van der Waals surface area contributed by atoms with Crippen molar-refractivity contribution >= 4 is 44.7 Å². The van der Waals surface area contributed by atoms with E-state index in [1.807, 2.05) is 6.92 Å². The van der Waals surface area contributed by atoms with E-state index in [2.05, 4.69) is 10.6 Å². The van der Waals surface area contributed by atoms with Crippen LogP contribution in [-0.2, 0) is 10.0 Å². The average molecular weight is 394 g/mol. The molecule has 26 heavy (non-hydrogen) atoms. The summed E-state index contributed by atoms with van der Waals surface area (Å²) in [6, 6.07) is 11.6. The Bertz CT molecular complexity index is 914. The Morgan fingerprint density at radius 2 is 1.69 bits per heavy atom. The zero-order chi connectivity index (χ0) is 18.7. The van der Waals surface area contributed by atoms with E-state index in [1.54, 1.807) is 42.5 Å². The molecule has 0 unspecified atom stereocenters. The first-order chi connectivity index (χ1) is 12.3. The van der Waals surface area contributed by atoms with Crippen LogP contribution in [0, 0.1) is 6.92 Å². The van der Waals surface area contributed by atoms with Gasteiger partial charge in [-0.25, -0.2) is 13.2 Å². The molecule has 2 N–H and O–H groups in total. The van der Waals surface area contributed by atoms with E-state index in [0.29, 0.717) is 35.1 Å². The molecular weight excluding hydrogens is 374 g/mol. The first kappa shape index (κ1) is 18.5. The summed E-state index contributed by atoms with van der Waals surface area (Å²) in [5.74, 6) is 0.177. The van der Waals surface area contributed by atoms with Crippen molar-refractivity contribution in [3.8, 4) is 0 Å². The number of nitrogens with zero attached hydrogens (tertiary/aromatic N) is 1. The summed E-state index contributed by atoms with van der Waals surface area (Å²) in [5, 5.41) is 6.05. The Balaban J connectivity index is 1.71. The summed E-state index contributed by atoms with van der Waals surface area (Å²) in [6.07, 6.45) is 1.55. The Kier molecular flexibility index (Phi) is 5.38. The van der Waals surface area contributed by atoms with Crippen molar-refractivity contribution in [3.63, 3.8) is 0 Å². The molecule has 1 saturated heterocycles. The van der Waals surface area contributed by atoms with Crippen molar-refractivity contribution in [3.05, 3.63) is 53.1 Å². The van der Waals surface area contributed by atoms with Gasteiger partial charge in [0.1, 0.15) is 0 Å². The van der Waals surface area contributed by atoms with Crippen LogP contribution < -0.4 is 14.9 Å². The highest BCUT2D eigenvalue weighted by atomic mass is 35.5. The number of rotatable bonds is 3. The molecule has 0 radical (unpaired) electrons. The van der Waals surface area contributed by atoms with Crippen molar-refractivity contribution in [2.24, 2.45) is 0 Å². The molecule has 3 rings (SSSR count). The zero-order valence-corrected chi connectivity index (χ0v) is 15.9. The number of anilines is 3. The van der Waals surface area contributed by atoms with Gasteiger partial charge in [0.05, 0.1) is 11.4 Å². The van der Waals surface area contributed by atoms with E-state index in [-0.39, 0.29) is 11.8 Å². The highest BCUT2D eigenvalue weighted by Gasteiger charge is 2.27. The van der Waals surface area contributed by atoms with Gasteiger partial charge >= 0.3 is 6.03 Å². The minimum atomic E-state index is -3.26. The lowest BCUT2D eigenvalue weighted by Crippen LogP contribution is -2.38. The van der Waals surface area contributed by atoms with E-state index in [0.717, 1.165) is 12.0 Å². The smallest absolute Gasteiger partial charge is 0.308 e. The van der Waals surface area contributed by atoms with Gasteiger partial charge in [-0.05, 0) is 67.8 Å². The lowest BCUT2D eigenvalue weighted by Gasteiger charge is -2.29. The number of urea groups is 1. The van der Waals surface area contributed by atoms with Crippen molar-refractivity contribution in [1.29, 1.82) is 0 Å². The quantitative estimate of drug-likeness (QED) is 0.819. The van der Waals surface area contributed by atoms with Crippen LogP contribution in [0.1, 0.15) is 18.4 Å². The zero-order valence-electron chi connectivity index (χ0n) is 14.3. The van der Waals surface area contributed by atoms with E-state index in [4.69, 9.17) is 11.6 Å². The monoisotopic (exact) mass is 393 g/mol. The summed E-state index contributed by atoms with van der Waals surface area (Å²) < 4.78 is 26.0. The van der Waals surface area contributed by atoms with Gasteiger partial charge in [-0.1, -0.05) is 11.6 Å². The van der Waals surface area contributed by atoms with Gasteiger partial charge < -0.3 is 10.6 Å². The number of sulfonamides is 1. The number of carbonyl (C=O) groups is 1. The molecule has 2 aromatic rings. The van der Waals surface area contributed by atoms with Gasteiger partial charge in [-0.2, -0.15) is 0 Å². The van der Waals surface area contributed by atoms with Gasteiger partial charge in [0, 0.05) is 22.9 Å². The molecule has 0 bridgehead atoms. The van der Waals surface area contributed by atoms with Gasteiger partial charge in [0.2, 0.25) is 10.0 Å². The van der Waals surface area contributed by atoms with Crippen molar-refractivity contribution < 1.29 is 13.2 Å². The number of nitrogens with one attached hydrogen (secondary N) is 2. The number of aryl methyl sites for hydroxylation is 1. The molecule has 1 fully saturated rings. The maximum Gasteiger partial charge on any atom is 0.323 e. The molecule has 0 spiro atoms. The molecule has 6 nitrogen and oxygen atoms in total. The number of hydrogen-bond donors (Lipinski definition) is 2. The van der Waals surface area contributed by atoms with Crippen LogP contribution in [0.3, 0.4) is 0 Å². The van der Waals surface area contributed by atoms with E-state index in [9.17, 15) is 13.2 Å². The Labute approximate surface area is 158 Å². The van der Waals surface area contributed by atoms with E-state index in [1.165, 1.54) is 4.31 Å². The summed E-state index contributed by atoms with van der Waals surface area (Å²) in [5.41, 5.74) is 2.67. The third-order valence-corrected chi connectivity index (χ3v) is 6.28. The molecular formula is C18H20ClN3O3S. The molecule has 0 aromatic heterocycles. The Hall–Kier alpha value is -2.25. The Morgan fingerprint density at radius 1 is 1.04 bits per heavy atom. The number of hydrogen-bond acceptors (Lipinski definition) is 3. The lowest BCUT2D eigenvalue weighted by molar-refractivity contribution is 0.262. The van der Waals surface area contributed by atoms with Crippen LogP contribution in [0.5, 0.6) is 0 Å². The minimum Gasteiger partial charge on any atom is -0.308 e. The fraction of sp³-hybridized carbons (Fsp3) is 0.278. The number of benzene rings is 2. The number of carbonyl (C=O) groups excluding carboxylic acids is 1. The summed E-state index contributed by atoms with van der Waals surface area (Å²) in [6.45, 7) is 2.33. The first-order valence-corrected chi connectivity index (χ1v) is 10.3. The second-order valence-corrected chi connectivity index (χ2v) is 8.63. The van der Waals surface area contributed by atoms with Gasteiger partial charge in [0.15, 0.2) is 0 Å². The maximum atomic E-state index is 12.3. The first-order valence-electron chi connectivity index (χ1n) is 8.30. The van der Waals surface area contributed by atoms with E-state index >= 15 is 0 Å². The van der Waals surface area contributed by atoms with Gasteiger partial charge in [-0.15, -0.1) is 0 Å².